The quantitative estimate of drug-likeness (QED) is 0.848. The predicted molar refractivity (Wildman–Crippen MR) is 71.8 cm³/mol. The molecule has 2 N–H and O–H groups in total. The average molecular weight is 307 g/mol. The van der Waals surface area contributed by atoms with Crippen molar-refractivity contribution in [1.82, 2.24) is 0 Å². The molecule has 0 amide bonds. The molecular formula is C12H19BrO2S. The second kappa shape index (κ2) is 6.15. The Kier molecular flexibility index (Phi) is 5.44. The average Bonchev–Trinajstić information content (AvgIpc) is 2.62. The fourth-order valence-electron chi connectivity index (χ4n) is 2.05. The molecule has 1 aromatic heterocycles. The van der Waals surface area contributed by atoms with E-state index in [1.54, 1.807) is 11.3 Å². The van der Waals surface area contributed by atoms with Crippen LogP contribution in [0.5, 0.6) is 0 Å². The number of hydrogen-bond acceptors (Lipinski definition) is 3. The van der Waals surface area contributed by atoms with Crippen molar-refractivity contribution in [2.75, 3.05) is 13.2 Å². The summed E-state index contributed by atoms with van der Waals surface area (Å²) in [7, 11) is 0. The Hall–Kier alpha value is 0.1000. The van der Waals surface area contributed by atoms with E-state index in [1.807, 2.05) is 5.38 Å². The molecule has 0 aromatic carbocycles. The van der Waals surface area contributed by atoms with Gasteiger partial charge in [-0.25, -0.2) is 0 Å². The van der Waals surface area contributed by atoms with Crippen molar-refractivity contribution in [2.24, 2.45) is 11.3 Å². The number of aliphatic hydroxyl groups is 2. The van der Waals surface area contributed by atoms with Crippen LogP contribution >= 0.6 is 27.3 Å². The molecule has 0 spiro atoms. The number of thiophene rings is 1. The third kappa shape index (κ3) is 3.84. The minimum absolute atomic E-state index is 0.0389. The van der Waals surface area contributed by atoms with Gasteiger partial charge in [0.15, 0.2) is 0 Å². The molecule has 0 bridgehead atoms. The number of hydrogen-bond donors (Lipinski definition) is 2. The van der Waals surface area contributed by atoms with Gasteiger partial charge in [0.05, 0.1) is 13.2 Å². The summed E-state index contributed by atoms with van der Waals surface area (Å²) in [5, 5.41) is 21.1. The summed E-state index contributed by atoms with van der Waals surface area (Å²) in [6.07, 6.45) is 1.59. The predicted octanol–water partition coefficient (Wildman–Crippen LogP) is 3.07. The molecule has 4 heteroatoms. The maximum atomic E-state index is 9.53. The standard InChI is InChI=1S/C12H19BrO2S/c1-9(2)4-12(7-14,8-15)5-11-3-10(13)6-16-11/h3,6,9,14-15H,4-5,7-8H2,1-2H3. The molecule has 0 aliphatic rings. The molecule has 0 aliphatic heterocycles. The normalized spacial score (nSPS) is 12.4. The van der Waals surface area contributed by atoms with E-state index in [2.05, 4.69) is 35.8 Å². The molecule has 1 rings (SSSR count). The van der Waals surface area contributed by atoms with E-state index in [0.717, 1.165) is 17.3 Å². The van der Waals surface area contributed by atoms with Crippen LogP contribution < -0.4 is 0 Å². The molecule has 0 radical (unpaired) electrons. The Morgan fingerprint density at radius 1 is 1.38 bits per heavy atom. The molecule has 16 heavy (non-hydrogen) atoms. The van der Waals surface area contributed by atoms with E-state index in [1.165, 1.54) is 4.88 Å². The third-order valence-corrected chi connectivity index (χ3v) is 4.38. The number of rotatable bonds is 6. The van der Waals surface area contributed by atoms with Crippen LogP contribution in [0.15, 0.2) is 15.9 Å². The van der Waals surface area contributed by atoms with Gasteiger partial charge in [-0.05, 0) is 40.8 Å². The van der Waals surface area contributed by atoms with Crippen molar-refractivity contribution in [2.45, 2.75) is 26.7 Å². The van der Waals surface area contributed by atoms with Crippen molar-refractivity contribution in [3.8, 4) is 0 Å². The molecule has 0 saturated carbocycles. The van der Waals surface area contributed by atoms with Crippen LogP contribution in [0.3, 0.4) is 0 Å². The minimum Gasteiger partial charge on any atom is -0.396 e. The van der Waals surface area contributed by atoms with Gasteiger partial charge < -0.3 is 10.2 Å². The minimum atomic E-state index is -0.377. The van der Waals surface area contributed by atoms with E-state index in [4.69, 9.17) is 0 Å². The van der Waals surface area contributed by atoms with Crippen molar-refractivity contribution in [3.05, 3.63) is 20.8 Å². The van der Waals surface area contributed by atoms with Crippen LogP contribution in [0.2, 0.25) is 0 Å². The second-order valence-electron chi connectivity index (χ2n) is 4.82. The van der Waals surface area contributed by atoms with Gasteiger partial charge >= 0.3 is 0 Å². The van der Waals surface area contributed by atoms with Crippen LogP contribution in [0.1, 0.15) is 25.1 Å². The first kappa shape index (κ1) is 14.2. The molecule has 0 atom stereocenters. The molecular weight excluding hydrogens is 288 g/mol. The van der Waals surface area contributed by atoms with E-state index >= 15 is 0 Å². The first-order chi connectivity index (χ1) is 7.51. The van der Waals surface area contributed by atoms with Crippen molar-refractivity contribution >= 4 is 27.3 Å². The highest BCUT2D eigenvalue weighted by atomic mass is 79.9. The summed E-state index contributed by atoms with van der Waals surface area (Å²) in [6.45, 7) is 4.31. The van der Waals surface area contributed by atoms with E-state index in [0.29, 0.717) is 5.92 Å². The first-order valence-corrected chi connectivity index (χ1v) is 7.13. The lowest BCUT2D eigenvalue weighted by atomic mass is 9.78. The SMILES string of the molecule is CC(C)CC(CO)(CO)Cc1cc(Br)cs1. The Morgan fingerprint density at radius 2 is 2.00 bits per heavy atom. The third-order valence-electron chi connectivity index (χ3n) is 2.68. The lowest BCUT2D eigenvalue weighted by molar-refractivity contribution is 0.0376. The fourth-order valence-corrected chi connectivity index (χ4v) is 3.67. The fraction of sp³-hybridized carbons (Fsp3) is 0.667. The first-order valence-electron chi connectivity index (χ1n) is 5.46. The van der Waals surface area contributed by atoms with Gasteiger partial charge in [0.2, 0.25) is 0 Å². The summed E-state index contributed by atoms with van der Waals surface area (Å²) in [6, 6.07) is 2.06. The highest BCUT2D eigenvalue weighted by Gasteiger charge is 2.30. The molecule has 1 aromatic rings. The van der Waals surface area contributed by atoms with Crippen LogP contribution in [0.4, 0.5) is 0 Å². The van der Waals surface area contributed by atoms with Gasteiger partial charge in [0, 0.05) is 20.1 Å². The van der Waals surface area contributed by atoms with E-state index in [9.17, 15) is 10.2 Å². The Bertz CT molecular complexity index is 319. The molecule has 1 heterocycles. The molecule has 0 unspecified atom stereocenters. The Balaban J connectivity index is 2.77. The highest BCUT2D eigenvalue weighted by molar-refractivity contribution is 9.10. The number of aliphatic hydroxyl groups excluding tert-OH is 2. The van der Waals surface area contributed by atoms with Gasteiger partial charge in [-0.1, -0.05) is 13.8 Å². The summed E-state index contributed by atoms with van der Waals surface area (Å²) in [4.78, 5) is 1.20. The zero-order valence-corrected chi connectivity index (χ0v) is 12.1. The molecule has 0 aliphatic carbocycles. The van der Waals surface area contributed by atoms with Gasteiger partial charge in [-0.3, -0.25) is 0 Å². The second-order valence-corrected chi connectivity index (χ2v) is 6.73. The highest BCUT2D eigenvalue weighted by Crippen LogP contribution is 2.33. The number of halogens is 1. The van der Waals surface area contributed by atoms with E-state index in [-0.39, 0.29) is 18.6 Å². The van der Waals surface area contributed by atoms with Crippen LogP contribution in [0.25, 0.3) is 0 Å². The van der Waals surface area contributed by atoms with Gasteiger partial charge in [0.25, 0.3) is 0 Å². The zero-order valence-electron chi connectivity index (χ0n) is 9.74. The summed E-state index contributed by atoms with van der Waals surface area (Å²) in [5.41, 5.74) is -0.377. The van der Waals surface area contributed by atoms with Crippen molar-refractivity contribution in [3.63, 3.8) is 0 Å². The lowest BCUT2D eigenvalue weighted by Crippen LogP contribution is -2.33. The van der Waals surface area contributed by atoms with Crippen LogP contribution in [0, 0.1) is 11.3 Å². The monoisotopic (exact) mass is 306 g/mol. The Morgan fingerprint density at radius 3 is 2.38 bits per heavy atom. The van der Waals surface area contributed by atoms with Gasteiger partial charge in [-0.2, -0.15) is 0 Å². The lowest BCUT2D eigenvalue weighted by Gasteiger charge is -2.31. The summed E-state index contributed by atoms with van der Waals surface area (Å²) in [5.74, 6) is 0.475. The maximum absolute atomic E-state index is 9.53. The molecule has 0 saturated heterocycles. The summed E-state index contributed by atoms with van der Waals surface area (Å²) < 4.78 is 1.07. The topological polar surface area (TPSA) is 40.5 Å². The van der Waals surface area contributed by atoms with Crippen LogP contribution in [-0.2, 0) is 6.42 Å². The van der Waals surface area contributed by atoms with Crippen LogP contribution in [-0.4, -0.2) is 23.4 Å². The van der Waals surface area contributed by atoms with Gasteiger partial charge in [0.1, 0.15) is 0 Å². The maximum Gasteiger partial charge on any atom is 0.0513 e. The van der Waals surface area contributed by atoms with Crippen molar-refractivity contribution < 1.29 is 10.2 Å². The van der Waals surface area contributed by atoms with E-state index < -0.39 is 0 Å². The van der Waals surface area contributed by atoms with Crippen molar-refractivity contribution in [1.29, 1.82) is 0 Å². The Labute approximate surface area is 109 Å². The van der Waals surface area contributed by atoms with Gasteiger partial charge in [-0.15, -0.1) is 11.3 Å². The molecule has 0 fully saturated rings. The summed E-state index contributed by atoms with van der Waals surface area (Å²) >= 11 is 5.08. The molecule has 92 valence electrons. The zero-order chi connectivity index (χ0) is 12.2. The smallest absolute Gasteiger partial charge is 0.0513 e. The molecule has 2 nitrogen and oxygen atoms in total. The largest absolute Gasteiger partial charge is 0.396 e.